The van der Waals surface area contributed by atoms with E-state index in [1.165, 1.54) is 0 Å². The predicted octanol–water partition coefficient (Wildman–Crippen LogP) is 0.972. The first-order chi connectivity index (χ1) is 7.25. The van der Waals surface area contributed by atoms with Crippen LogP contribution < -0.4 is 11.1 Å². The van der Waals surface area contributed by atoms with Gasteiger partial charge in [-0.05, 0) is 25.0 Å². The summed E-state index contributed by atoms with van der Waals surface area (Å²) in [5.74, 6) is 0.572. The number of nitrogens with two attached hydrogens (primary N) is 1. The zero-order valence-electron chi connectivity index (χ0n) is 8.76. The van der Waals surface area contributed by atoms with E-state index in [1.807, 2.05) is 0 Å². The number of hydrogen-bond donors (Lipinski definition) is 3. The van der Waals surface area contributed by atoms with E-state index in [4.69, 9.17) is 5.73 Å². The van der Waals surface area contributed by atoms with Crippen molar-refractivity contribution in [3.8, 4) is 5.75 Å². The van der Waals surface area contributed by atoms with E-state index in [1.54, 1.807) is 18.3 Å². The molecule has 1 aromatic rings. The Morgan fingerprint density at radius 1 is 1.62 bits per heavy atom. The fourth-order valence-electron chi connectivity index (χ4n) is 1.19. The molecule has 1 heterocycles. The maximum atomic E-state index is 9.42. The third-order valence-corrected chi connectivity index (χ3v) is 2.19. The molecule has 1 aliphatic rings. The second-order valence-corrected chi connectivity index (χ2v) is 3.59. The molecule has 0 unspecified atom stereocenters. The average molecular weight is 334 g/mol. The minimum absolute atomic E-state index is 0. The zero-order chi connectivity index (χ0) is 10.7. The van der Waals surface area contributed by atoms with Crippen molar-refractivity contribution in [2.45, 2.75) is 25.4 Å². The van der Waals surface area contributed by atoms with Gasteiger partial charge in [0.1, 0.15) is 11.4 Å². The number of halogens is 1. The van der Waals surface area contributed by atoms with Crippen LogP contribution in [0.5, 0.6) is 5.75 Å². The van der Waals surface area contributed by atoms with Crippen molar-refractivity contribution < 1.29 is 5.11 Å². The van der Waals surface area contributed by atoms with Gasteiger partial charge in [0.15, 0.2) is 5.96 Å². The molecular weight excluding hydrogens is 319 g/mol. The van der Waals surface area contributed by atoms with Gasteiger partial charge in [-0.3, -0.25) is 4.98 Å². The molecule has 6 heteroatoms. The fraction of sp³-hybridized carbons (Fsp3) is 0.400. The Kier molecular flexibility index (Phi) is 4.78. The molecule has 0 amide bonds. The highest BCUT2D eigenvalue weighted by atomic mass is 127. The molecule has 88 valence electrons. The summed E-state index contributed by atoms with van der Waals surface area (Å²) in [5.41, 5.74) is 6.18. The standard InChI is InChI=1S/C10H14N4O.HI/c11-10(14-7-3-4-7)13-6-8-9(15)2-1-5-12-8;/h1-2,5,7,15H,3-4,6H2,(H3,11,13,14);1H. The Hall–Kier alpha value is -1.05. The van der Waals surface area contributed by atoms with Crippen molar-refractivity contribution >= 4 is 29.9 Å². The number of aliphatic imine (C=N–C) groups is 1. The van der Waals surface area contributed by atoms with Crippen molar-refractivity contribution in [2.75, 3.05) is 0 Å². The summed E-state index contributed by atoms with van der Waals surface area (Å²) in [5, 5.41) is 12.5. The van der Waals surface area contributed by atoms with E-state index < -0.39 is 0 Å². The summed E-state index contributed by atoms with van der Waals surface area (Å²) >= 11 is 0. The maximum absolute atomic E-state index is 9.42. The summed E-state index contributed by atoms with van der Waals surface area (Å²) < 4.78 is 0. The lowest BCUT2D eigenvalue weighted by Crippen LogP contribution is -2.33. The molecule has 0 saturated heterocycles. The Balaban J connectivity index is 0.00000128. The molecule has 1 aromatic heterocycles. The van der Waals surface area contributed by atoms with Gasteiger partial charge in [0.2, 0.25) is 0 Å². The van der Waals surface area contributed by atoms with Gasteiger partial charge in [0, 0.05) is 12.2 Å². The highest BCUT2D eigenvalue weighted by molar-refractivity contribution is 14.0. The number of rotatable bonds is 3. The van der Waals surface area contributed by atoms with Crippen LogP contribution in [0.3, 0.4) is 0 Å². The molecule has 0 radical (unpaired) electrons. The lowest BCUT2D eigenvalue weighted by atomic mass is 10.3. The number of nitrogens with one attached hydrogen (secondary N) is 1. The van der Waals surface area contributed by atoms with Crippen LogP contribution in [-0.2, 0) is 6.54 Å². The number of aromatic nitrogens is 1. The molecule has 1 fully saturated rings. The zero-order valence-corrected chi connectivity index (χ0v) is 11.1. The number of aromatic hydroxyl groups is 1. The normalized spacial score (nSPS) is 15.4. The molecular formula is C10H15IN4O. The Labute approximate surface area is 111 Å². The molecule has 0 aliphatic heterocycles. The topological polar surface area (TPSA) is 83.5 Å². The monoisotopic (exact) mass is 334 g/mol. The van der Waals surface area contributed by atoms with E-state index >= 15 is 0 Å². The van der Waals surface area contributed by atoms with Crippen LogP contribution in [0.1, 0.15) is 18.5 Å². The van der Waals surface area contributed by atoms with Crippen LogP contribution >= 0.6 is 24.0 Å². The molecule has 16 heavy (non-hydrogen) atoms. The van der Waals surface area contributed by atoms with Gasteiger partial charge in [-0.15, -0.1) is 24.0 Å². The van der Waals surface area contributed by atoms with Crippen molar-refractivity contribution in [2.24, 2.45) is 10.7 Å². The molecule has 5 nitrogen and oxygen atoms in total. The molecule has 0 atom stereocenters. The Bertz CT molecular complexity index is 379. The summed E-state index contributed by atoms with van der Waals surface area (Å²) in [6.45, 7) is 0.304. The van der Waals surface area contributed by atoms with Crippen molar-refractivity contribution in [3.05, 3.63) is 24.0 Å². The molecule has 4 N–H and O–H groups in total. The number of guanidine groups is 1. The van der Waals surface area contributed by atoms with E-state index in [0.717, 1.165) is 12.8 Å². The molecule has 0 bridgehead atoms. The van der Waals surface area contributed by atoms with Gasteiger partial charge < -0.3 is 16.2 Å². The summed E-state index contributed by atoms with van der Waals surface area (Å²) in [6.07, 6.45) is 3.94. The van der Waals surface area contributed by atoms with Crippen molar-refractivity contribution in [1.29, 1.82) is 0 Å². The lowest BCUT2D eigenvalue weighted by molar-refractivity contribution is 0.464. The minimum Gasteiger partial charge on any atom is -0.506 e. The molecule has 1 saturated carbocycles. The van der Waals surface area contributed by atoms with Gasteiger partial charge in [0.05, 0.1) is 6.54 Å². The molecule has 0 aromatic carbocycles. The lowest BCUT2D eigenvalue weighted by Gasteiger charge is -2.03. The first-order valence-electron chi connectivity index (χ1n) is 4.95. The quantitative estimate of drug-likeness (QED) is 0.437. The van der Waals surface area contributed by atoms with Crippen LogP contribution in [0.15, 0.2) is 23.3 Å². The second kappa shape index (κ2) is 5.88. The van der Waals surface area contributed by atoms with Gasteiger partial charge >= 0.3 is 0 Å². The highest BCUT2D eigenvalue weighted by Crippen LogP contribution is 2.18. The SMILES string of the molecule is I.NC(=NCc1ncccc1O)NC1CC1. The highest BCUT2D eigenvalue weighted by Gasteiger charge is 2.21. The first-order valence-corrected chi connectivity index (χ1v) is 4.95. The first kappa shape index (κ1) is 13.0. The van der Waals surface area contributed by atoms with Gasteiger partial charge in [0.25, 0.3) is 0 Å². The van der Waals surface area contributed by atoms with Crippen LogP contribution in [0.25, 0.3) is 0 Å². The average Bonchev–Trinajstić information content (AvgIpc) is 3.00. The Morgan fingerprint density at radius 3 is 3.00 bits per heavy atom. The number of nitrogens with zero attached hydrogens (tertiary/aromatic N) is 2. The van der Waals surface area contributed by atoms with Crippen LogP contribution in [0.4, 0.5) is 0 Å². The smallest absolute Gasteiger partial charge is 0.189 e. The minimum atomic E-state index is 0. The van der Waals surface area contributed by atoms with Crippen LogP contribution in [0.2, 0.25) is 0 Å². The summed E-state index contributed by atoms with van der Waals surface area (Å²) in [4.78, 5) is 8.10. The van der Waals surface area contributed by atoms with Crippen molar-refractivity contribution in [3.63, 3.8) is 0 Å². The van der Waals surface area contributed by atoms with E-state index in [9.17, 15) is 5.11 Å². The van der Waals surface area contributed by atoms with Gasteiger partial charge in [-0.25, -0.2) is 4.99 Å². The van der Waals surface area contributed by atoms with E-state index in [2.05, 4.69) is 15.3 Å². The summed E-state index contributed by atoms with van der Waals surface area (Å²) in [7, 11) is 0. The van der Waals surface area contributed by atoms with Crippen molar-refractivity contribution in [1.82, 2.24) is 10.3 Å². The maximum Gasteiger partial charge on any atom is 0.189 e. The Morgan fingerprint density at radius 2 is 2.38 bits per heavy atom. The second-order valence-electron chi connectivity index (χ2n) is 3.59. The molecule has 2 rings (SSSR count). The molecule has 0 spiro atoms. The van der Waals surface area contributed by atoms with E-state index in [0.29, 0.717) is 24.2 Å². The fourth-order valence-corrected chi connectivity index (χ4v) is 1.19. The van der Waals surface area contributed by atoms with Gasteiger partial charge in [-0.1, -0.05) is 0 Å². The van der Waals surface area contributed by atoms with E-state index in [-0.39, 0.29) is 29.7 Å². The number of pyridine rings is 1. The molecule has 1 aliphatic carbocycles. The third-order valence-electron chi connectivity index (χ3n) is 2.19. The predicted molar refractivity (Wildman–Crippen MR) is 72.8 cm³/mol. The third kappa shape index (κ3) is 3.84. The van der Waals surface area contributed by atoms with Crippen LogP contribution in [0, 0.1) is 0 Å². The number of hydrogen-bond acceptors (Lipinski definition) is 3. The summed E-state index contributed by atoms with van der Waals surface area (Å²) in [6, 6.07) is 3.75. The largest absolute Gasteiger partial charge is 0.506 e. The van der Waals surface area contributed by atoms with Crippen LogP contribution in [-0.4, -0.2) is 22.1 Å². The van der Waals surface area contributed by atoms with Gasteiger partial charge in [-0.2, -0.15) is 0 Å².